The van der Waals surface area contributed by atoms with Gasteiger partial charge in [0.05, 0.1) is 5.56 Å². The van der Waals surface area contributed by atoms with Gasteiger partial charge in [0.15, 0.2) is 0 Å². The normalized spacial score (nSPS) is 19.9. The zero-order valence-electron chi connectivity index (χ0n) is 9.76. The number of nitrogens with two attached hydrogens (primary N) is 1. The molecule has 1 aromatic carbocycles. The lowest BCUT2D eigenvalue weighted by atomic mass is 9.76. The molecule has 0 saturated heterocycles. The van der Waals surface area contributed by atoms with E-state index in [1.54, 1.807) is 6.07 Å². The highest BCUT2D eigenvalue weighted by atomic mass is 19.4. The van der Waals surface area contributed by atoms with E-state index in [2.05, 4.69) is 0 Å². The van der Waals surface area contributed by atoms with Gasteiger partial charge in [0.2, 0.25) is 0 Å². The molecular formula is C13H14F3NO. The Morgan fingerprint density at radius 2 is 1.78 bits per heavy atom. The van der Waals surface area contributed by atoms with E-state index >= 15 is 0 Å². The van der Waals surface area contributed by atoms with E-state index in [0.29, 0.717) is 31.2 Å². The molecule has 0 aromatic heterocycles. The monoisotopic (exact) mass is 257 g/mol. The average molecular weight is 257 g/mol. The Kier molecular flexibility index (Phi) is 3.19. The van der Waals surface area contributed by atoms with Crippen LogP contribution in [0.15, 0.2) is 24.3 Å². The zero-order valence-corrected chi connectivity index (χ0v) is 9.76. The summed E-state index contributed by atoms with van der Waals surface area (Å²) in [5, 5.41) is 0. The van der Waals surface area contributed by atoms with Crippen LogP contribution in [-0.4, -0.2) is 5.78 Å². The molecule has 0 atom stereocenters. The quantitative estimate of drug-likeness (QED) is 0.840. The van der Waals surface area contributed by atoms with Crippen LogP contribution in [-0.2, 0) is 16.5 Å². The molecule has 0 amide bonds. The van der Waals surface area contributed by atoms with Crippen molar-refractivity contribution < 1.29 is 18.0 Å². The molecule has 0 aliphatic heterocycles. The summed E-state index contributed by atoms with van der Waals surface area (Å²) in [6.07, 6.45) is -2.86. The van der Waals surface area contributed by atoms with Gasteiger partial charge in [-0.1, -0.05) is 12.1 Å². The maximum Gasteiger partial charge on any atom is 0.416 e. The lowest BCUT2D eigenvalue weighted by Crippen LogP contribution is -2.40. The number of alkyl halides is 3. The molecular weight excluding hydrogens is 243 g/mol. The van der Waals surface area contributed by atoms with Crippen LogP contribution in [0.5, 0.6) is 0 Å². The Labute approximate surface area is 103 Å². The van der Waals surface area contributed by atoms with Crippen LogP contribution < -0.4 is 5.73 Å². The lowest BCUT2D eigenvalue weighted by Gasteiger charge is -2.33. The smallest absolute Gasteiger partial charge is 0.321 e. The summed E-state index contributed by atoms with van der Waals surface area (Å²) < 4.78 is 37.9. The van der Waals surface area contributed by atoms with Crippen LogP contribution in [0.2, 0.25) is 0 Å². The average Bonchev–Trinajstić information content (AvgIpc) is 2.32. The van der Waals surface area contributed by atoms with E-state index in [4.69, 9.17) is 5.73 Å². The number of rotatable bonds is 1. The van der Waals surface area contributed by atoms with Crippen LogP contribution in [0.3, 0.4) is 0 Å². The third kappa shape index (κ3) is 2.56. The summed E-state index contributed by atoms with van der Waals surface area (Å²) in [5.41, 5.74) is 5.09. The van der Waals surface area contributed by atoms with Gasteiger partial charge < -0.3 is 5.73 Å². The van der Waals surface area contributed by atoms with E-state index in [-0.39, 0.29) is 5.78 Å². The molecule has 1 saturated carbocycles. The second-order valence-electron chi connectivity index (χ2n) is 4.77. The molecule has 0 bridgehead atoms. The highest BCUT2D eigenvalue weighted by molar-refractivity contribution is 5.79. The molecule has 1 aliphatic rings. The second kappa shape index (κ2) is 4.39. The number of benzene rings is 1. The minimum atomic E-state index is -4.36. The summed E-state index contributed by atoms with van der Waals surface area (Å²) in [6.45, 7) is 0. The molecule has 1 aromatic rings. The van der Waals surface area contributed by atoms with Crippen LogP contribution >= 0.6 is 0 Å². The Morgan fingerprint density at radius 3 is 2.33 bits per heavy atom. The molecule has 1 aliphatic carbocycles. The number of carbonyl (C=O) groups excluding carboxylic acids is 1. The van der Waals surface area contributed by atoms with Crippen molar-refractivity contribution in [3.63, 3.8) is 0 Å². The molecule has 2 rings (SSSR count). The minimum Gasteiger partial charge on any atom is -0.321 e. The summed E-state index contributed by atoms with van der Waals surface area (Å²) in [5.74, 6) is 0.128. The van der Waals surface area contributed by atoms with Gasteiger partial charge >= 0.3 is 6.18 Å². The van der Waals surface area contributed by atoms with Gasteiger partial charge in [-0.25, -0.2) is 0 Å². The number of carbonyl (C=O) groups is 1. The summed E-state index contributed by atoms with van der Waals surface area (Å²) in [6, 6.07) is 5.09. The Bertz CT molecular complexity index is 458. The number of halogens is 3. The Balaban J connectivity index is 2.31. The van der Waals surface area contributed by atoms with Crippen LogP contribution in [0.25, 0.3) is 0 Å². The van der Waals surface area contributed by atoms with E-state index in [0.717, 1.165) is 12.1 Å². The standard InChI is InChI=1S/C13H14F3NO/c14-13(15,16)10-3-1-2-9(8-10)12(17)6-4-11(18)5-7-12/h1-3,8H,4-7,17H2. The third-order valence-corrected chi connectivity index (χ3v) is 3.46. The summed E-state index contributed by atoms with van der Waals surface area (Å²) >= 11 is 0. The van der Waals surface area contributed by atoms with Gasteiger partial charge in [-0.15, -0.1) is 0 Å². The first-order chi connectivity index (χ1) is 8.31. The van der Waals surface area contributed by atoms with Gasteiger partial charge in [-0.2, -0.15) is 13.2 Å². The first-order valence-corrected chi connectivity index (χ1v) is 5.80. The van der Waals surface area contributed by atoms with Crippen molar-refractivity contribution in [3.05, 3.63) is 35.4 Å². The molecule has 2 nitrogen and oxygen atoms in total. The molecule has 18 heavy (non-hydrogen) atoms. The summed E-state index contributed by atoms with van der Waals surface area (Å²) in [4.78, 5) is 11.2. The molecule has 0 heterocycles. The molecule has 5 heteroatoms. The van der Waals surface area contributed by atoms with E-state index < -0.39 is 17.3 Å². The maximum atomic E-state index is 12.6. The van der Waals surface area contributed by atoms with Crippen LogP contribution in [0.4, 0.5) is 13.2 Å². The number of ketones is 1. The van der Waals surface area contributed by atoms with E-state index in [1.807, 2.05) is 0 Å². The Hall–Kier alpha value is -1.36. The van der Waals surface area contributed by atoms with Crippen LogP contribution in [0, 0.1) is 0 Å². The first kappa shape index (κ1) is 13.1. The second-order valence-corrected chi connectivity index (χ2v) is 4.77. The molecule has 0 spiro atoms. The molecule has 1 fully saturated rings. The highest BCUT2D eigenvalue weighted by Gasteiger charge is 2.35. The van der Waals surface area contributed by atoms with Gasteiger partial charge in [-0.05, 0) is 30.5 Å². The van der Waals surface area contributed by atoms with Gasteiger partial charge in [0.1, 0.15) is 5.78 Å². The molecule has 0 radical (unpaired) electrons. The van der Waals surface area contributed by atoms with Crippen molar-refractivity contribution in [2.24, 2.45) is 5.73 Å². The van der Waals surface area contributed by atoms with Crippen molar-refractivity contribution in [2.45, 2.75) is 37.4 Å². The number of hydrogen-bond donors (Lipinski definition) is 1. The molecule has 98 valence electrons. The van der Waals surface area contributed by atoms with Crippen molar-refractivity contribution in [1.29, 1.82) is 0 Å². The van der Waals surface area contributed by atoms with E-state index in [9.17, 15) is 18.0 Å². The summed E-state index contributed by atoms with van der Waals surface area (Å²) in [7, 11) is 0. The van der Waals surface area contributed by atoms with E-state index in [1.165, 1.54) is 6.07 Å². The van der Waals surface area contributed by atoms with Crippen LogP contribution in [0.1, 0.15) is 36.8 Å². The first-order valence-electron chi connectivity index (χ1n) is 5.80. The third-order valence-electron chi connectivity index (χ3n) is 3.46. The largest absolute Gasteiger partial charge is 0.416 e. The maximum absolute atomic E-state index is 12.6. The van der Waals surface area contributed by atoms with Gasteiger partial charge in [0.25, 0.3) is 0 Å². The zero-order chi connectivity index (χ0) is 13.4. The fraction of sp³-hybridized carbons (Fsp3) is 0.462. The predicted molar refractivity (Wildman–Crippen MR) is 60.8 cm³/mol. The topological polar surface area (TPSA) is 43.1 Å². The van der Waals surface area contributed by atoms with Crippen molar-refractivity contribution in [2.75, 3.05) is 0 Å². The predicted octanol–water partition coefficient (Wildman–Crippen LogP) is 3.00. The van der Waals surface area contributed by atoms with Gasteiger partial charge in [0, 0.05) is 18.4 Å². The fourth-order valence-corrected chi connectivity index (χ4v) is 2.27. The lowest BCUT2D eigenvalue weighted by molar-refractivity contribution is -0.137. The Morgan fingerprint density at radius 1 is 1.17 bits per heavy atom. The fourth-order valence-electron chi connectivity index (χ4n) is 2.27. The SMILES string of the molecule is NC1(c2cccc(C(F)(F)F)c2)CCC(=O)CC1. The number of hydrogen-bond acceptors (Lipinski definition) is 2. The number of Topliss-reactive ketones (excluding diaryl/α,β-unsaturated/α-hetero) is 1. The molecule has 2 N–H and O–H groups in total. The highest BCUT2D eigenvalue weighted by Crippen LogP contribution is 2.36. The minimum absolute atomic E-state index is 0.128. The van der Waals surface area contributed by atoms with Gasteiger partial charge in [-0.3, -0.25) is 4.79 Å². The van der Waals surface area contributed by atoms with Crippen molar-refractivity contribution >= 4 is 5.78 Å². The van der Waals surface area contributed by atoms with Crippen molar-refractivity contribution in [1.82, 2.24) is 0 Å². The van der Waals surface area contributed by atoms with Crippen molar-refractivity contribution in [3.8, 4) is 0 Å². The molecule has 0 unspecified atom stereocenters.